The molecule has 6 heteroatoms. The van der Waals surface area contributed by atoms with Crippen LogP contribution < -0.4 is 10.6 Å². The molecule has 0 aliphatic carbocycles. The zero-order valence-electron chi connectivity index (χ0n) is 16.7. The van der Waals surface area contributed by atoms with Crippen LogP contribution in [0, 0.1) is 13.8 Å². The molecule has 0 radical (unpaired) electrons. The molecule has 4 rings (SSSR count). The fraction of sp³-hybridized carbons (Fsp3) is 0.0833. The van der Waals surface area contributed by atoms with E-state index in [1.54, 1.807) is 36.4 Å². The number of aromatic nitrogens is 1. The van der Waals surface area contributed by atoms with Crippen molar-refractivity contribution in [2.75, 3.05) is 10.6 Å². The molecule has 2 N–H and O–H groups in total. The maximum absolute atomic E-state index is 12.6. The van der Waals surface area contributed by atoms with Gasteiger partial charge in [-0.15, -0.1) is 0 Å². The first-order chi connectivity index (χ1) is 14.5. The average Bonchev–Trinajstić information content (AvgIpc) is 3.40. The van der Waals surface area contributed by atoms with Crippen molar-refractivity contribution in [1.29, 1.82) is 0 Å². The number of aryl methyl sites for hydroxylation is 2. The number of amides is 2. The van der Waals surface area contributed by atoms with Gasteiger partial charge in [0.25, 0.3) is 11.8 Å². The second-order valence-electron chi connectivity index (χ2n) is 6.96. The molecule has 150 valence electrons. The van der Waals surface area contributed by atoms with Gasteiger partial charge in [-0.1, -0.05) is 0 Å². The third kappa shape index (κ3) is 4.03. The number of rotatable bonds is 5. The molecule has 4 aromatic rings. The first-order valence-electron chi connectivity index (χ1n) is 9.53. The van der Waals surface area contributed by atoms with Gasteiger partial charge in [0, 0.05) is 34.0 Å². The number of carbonyl (C=O) groups is 2. The van der Waals surface area contributed by atoms with Crippen LogP contribution in [0.25, 0.3) is 5.69 Å². The first-order valence-corrected chi connectivity index (χ1v) is 9.53. The van der Waals surface area contributed by atoms with Gasteiger partial charge in [0.15, 0.2) is 5.76 Å². The number of hydrogen-bond acceptors (Lipinski definition) is 3. The Bertz CT molecular complexity index is 1150. The monoisotopic (exact) mass is 399 g/mol. The van der Waals surface area contributed by atoms with Gasteiger partial charge in [0.05, 0.1) is 6.26 Å². The van der Waals surface area contributed by atoms with Gasteiger partial charge >= 0.3 is 0 Å². The molecule has 0 saturated heterocycles. The number of nitrogens with one attached hydrogen (secondary N) is 2. The Labute approximate surface area is 174 Å². The third-order valence-electron chi connectivity index (χ3n) is 4.80. The summed E-state index contributed by atoms with van der Waals surface area (Å²) in [6.07, 6.45) is 1.45. The van der Waals surface area contributed by atoms with Crippen molar-refractivity contribution in [3.05, 3.63) is 102 Å². The van der Waals surface area contributed by atoms with Gasteiger partial charge in [-0.2, -0.15) is 0 Å². The molecular formula is C24H21N3O3. The molecule has 0 saturated carbocycles. The highest BCUT2D eigenvalue weighted by Crippen LogP contribution is 2.19. The minimum Gasteiger partial charge on any atom is -0.459 e. The highest BCUT2D eigenvalue weighted by atomic mass is 16.3. The molecule has 30 heavy (non-hydrogen) atoms. The SMILES string of the molecule is Cc1ccc(C)n1-c1ccc(C(=O)Nc2ccc(NC(=O)c3ccco3)cc2)cc1. The van der Waals surface area contributed by atoms with Crippen LogP contribution in [0.4, 0.5) is 11.4 Å². The van der Waals surface area contributed by atoms with Crippen molar-refractivity contribution in [3.8, 4) is 5.69 Å². The van der Waals surface area contributed by atoms with E-state index in [0.29, 0.717) is 16.9 Å². The molecule has 0 atom stereocenters. The summed E-state index contributed by atoms with van der Waals surface area (Å²) in [4.78, 5) is 24.6. The topological polar surface area (TPSA) is 76.3 Å². The molecular weight excluding hydrogens is 378 g/mol. The minimum atomic E-state index is -0.329. The lowest BCUT2D eigenvalue weighted by Crippen LogP contribution is -2.13. The van der Waals surface area contributed by atoms with E-state index in [1.807, 2.05) is 38.1 Å². The number of anilines is 2. The van der Waals surface area contributed by atoms with Crippen molar-refractivity contribution in [1.82, 2.24) is 4.57 Å². The van der Waals surface area contributed by atoms with E-state index >= 15 is 0 Å². The lowest BCUT2D eigenvalue weighted by molar-refractivity contribution is 0.0994. The van der Waals surface area contributed by atoms with E-state index in [1.165, 1.54) is 6.26 Å². The van der Waals surface area contributed by atoms with Crippen LogP contribution in [0.3, 0.4) is 0 Å². The smallest absolute Gasteiger partial charge is 0.291 e. The lowest BCUT2D eigenvalue weighted by Gasteiger charge is -2.11. The first kappa shape index (κ1) is 19.3. The van der Waals surface area contributed by atoms with Crippen LogP contribution >= 0.6 is 0 Å². The minimum absolute atomic E-state index is 0.199. The number of hydrogen-bond donors (Lipinski definition) is 2. The molecule has 2 heterocycles. The number of furan rings is 1. The van der Waals surface area contributed by atoms with Crippen LogP contribution in [0.15, 0.2) is 83.5 Å². The molecule has 6 nitrogen and oxygen atoms in total. The Hall–Kier alpha value is -4.06. The zero-order chi connectivity index (χ0) is 21.1. The van der Waals surface area contributed by atoms with Crippen LogP contribution in [0.5, 0.6) is 0 Å². The van der Waals surface area contributed by atoms with Crippen molar-refractivity contribution in [2.45, 2.75) is 13.8 Å². The van der Waals surface area contributed by atoms with Gasteiger partial charge in [0.2, 0.25) is 0 Å². The standard InChI is InChI=1S/C24H21N3O3/c1-16-5-6-17(2)27(16)21-13-7-18(8-14-21)23(28)25-19-9-11-20(12-10-19)26-24(29)22-4-3-15-30-22/h3-15H,1-2H3,(H,25,28)(H,26,29). The Kier molecular flexibility index (Phi) is 5.22. The van der Waals surface area contributed by atoms with Crippen LogP contribution in [-0.2, 0) is 0 Å². The second kappa shape index (κ2) is 8.13. The molecule has 0 bridgehead atoms. The van der Waals surface area contributed by atoms with E-state index in [4.69, 9.17) is 4.42 Å². The molecule has 2 aromatic carbocycles. The Morgan fingerprint density at radius 3 is 1.83 bits per heavy atom. The second-order valence-corrected chi connectivity index (χ2v) is 6.96. The summed E-state index contributed by atoms with van der Waals surface area (Å²) in [7, 11) is 0. The van der Waals surface area contributed by atoms with E-state index in [9.17, 15) is 9.59 Å². The summed E-state index contributed by atoms with van der Waals surface area (Å²) < 4.78 is 7.20. The van der Waals surface area contributed by atoms with Crippen molar-refractivity contribution in [2.24, 2.45) is 0 Å². The predicted octanol–water partition coefficient (Wildman–Crippen LogP) is 5.19. The number of carbonyl (C=O) groups excluding carboxylic acids is 2. The largest absolute Gasteiger partial charge is 0.459 e. The lowest BCUT2D eigenvalue weighted by atomic mass is 10.1. The molecule has 0 fully saturated rings. The molecule has 2 amide bonds. The summed E-state index contributed by atoms with van der Waals surface area (Å²) in [5.74, 6) is -0.291. The zero-order valence-corrected chi connectivity index (χ0v) is 16.7. The molecule has 0 spiro atoms. The van der Waals surface area contributed by atoms with Crippen molar-refractivity contribution < 1.29 is 14.0 Å². The van der Waals surface area contributed by atoms with Gasteiger partial charge in [-0.3, -0.25) is 9.59 Å². The molecule has 0 aliphatic heterocycles. The van der Waals surface area contributed by atoms with E-state index in [2.05, 4.69) is 27.3 Å². The van der Waals surface area contributed by atoms with E-state index in [0.717, 1.165) is 17.1 Å². The van der Waals surface area contributed by atoms with Gasteiger partial charge in [0.1, 0.15) is 0 Å². The molecule has 0 unspecified atom stereocenters. The van der Waals surface area contributed by atoms with Gasteiger partial charge < -0.3 is 19.6 Å². The maximum Gasteiger partial charge on any atom is 0.291 e. The normalized spacial score (nSPS) is 10.6. The summed E-state index contributed by atoms with van der Waals surface area (Å²) in [5.41, 5.74) is 5.11. The van der Waals surface area contributed by atoms with Gasteiger partial charge in [-0.25, -0.2) is 0 Å². The highest BCUT2D eigenvalue weighted by molar-refractivity contribution is 6.05. The molecule has 0 aliphatic rings. The van der Waals surface area contributed by atoms with Crippen LogP contribution in [0.2, 0.25) is 0 Å². The fourth-order valence-electron chi connectivity index (χ4n) is 3.28. The fourth-order valence-corrected chi connectivity index (χ4v) is 3.28. The Balaban J connectivity index is 1.40. The summed E-state index contributed by atoms with van der Waals surface area (Å²) in [5, 5.41) is 5.60. The average molecular weight is 399 g/mol. The summed E-state index contributed by atoms with van der Waals surface area (Å²) >= 11 is 0. The number of nitrogens with zero attached hydrogens (tertiary/aromatic N) is 1. The van der Waals surface area contributed by atoms with Gasteiger partial charge in [-0.05, 0) is 86.6 Å². The van der Waals surface area contributed by atoms with Crippen molar-refractivity contribution >= 4 is 23.2 Å². The molecule has 2 aromatic heterocycles. The summed E-state index contributed by atoms with van der Waals surface area (Å²) in [6, 6.07) is 21.8. The van der Waals surface area contributed by atoms with Crippen LogP contribution in [-0.4, -0.2) is 16.4 Å². The van der Waals surface area contributed by atoms with Crippen LogP contribution in [0.1, 0.15) is 32.3 Å². The quantitative estimate of drug-likeness (QED) is 0.485. The van der Waals surface area contributed by atoms with E-state index < -0.39 is 0 Å². The third-order valence-corrected chi connectivity index (χ3v) is 4.80. The number of benzene rings is 2. The van der Waals surface area contributed by atoms with E-state index in [-0.39, 0.29) is 17.6 Å². The predicted molar refractivity (Wildman–Crippen MR) is 116 cm³/mol. The highest BCUT2D eigenvalue weighted by Gasteiger charge is 2.10. The Morgan fingerprint density at radius 1 is 0.733 bits per heavy atom. The Morgan fingerprint density at radius 2 is 1.30 bits per heavy atom. The van der Waals surface area contributed by atoms with Crippen molar-refractivity contribution in [3.63, 3.8) is 0 Å². The summed E-state index contributed by atoms with van der Waals surface area (Å²) in [6.45, 7) is 4.10. The maximum atomic E-state index is 12.6.